The van der Waals surface area contributed by atoms with Crippen molar-refractivity contribution in [2.24, 2.45) is 11.7 Å². The Bertz CT molecular complexity index is 674. The van der Waals surface area contributed by atoms with Crippen LogP contribution in [0.1, 0.15) is 37.0 Å². The number of carboxylic acid groups (broad SMARTS) is 1. The number of benzene rings is 1. The van der Waals surface area contributed by atoms with Gasteiger partial charge in [0.2, 0.25) is 0 Å². The number of hydrogen-bond acceptors (Lipinski definition) is 4. The van der Waals surface area contributed by atoms with E-state index >= 15 is 0 Å². The first-order chi connectivity index (χ1) is 11.8. The molecule has 8 nitrogen and oxygen atoms in total. The Kier molecular flexibility index (Phi) is 5.84. The number of primary amides is 1. The minimum Gasteiger partial charge on any atom is -0.488 e. The number of aliphatic carboxylic acids is 1. The van der Waals surface area contributed by atoms with Gasteiger partial charge in [0.05, 0.1) is 23.3 Å². The van der Waals surface area contributed by atoms with Crippen LogP contribution in [-0.4, -0.2) is 47.1 Å². The number of nitrogens with two attached hydrogens (primary N) is 1. The summed E-state index contributed by atoms with van der Waals surface area (Å²) in [5.41, 5.74) is 5.88. The van der Waals surface area contributed by atoms with E-state index in [1.54, 1.807) is 26.0 Å². The highest BCUT2D eigenvalue weighted by Gasteiger charge is 2.29. The van der Waals surface area contributed by atoms with Crippen molar-refractivity contribution in [3.63, 3.8) is 0 Å². The number of anilines is 1. The molecule has 8 heteroatoms. The molecule has 1 aromatic carbocycles. The Morgan fingerprint density at radius 2 is 2.08 bits per heavy atom. The molecule has 0 aliphatic carbocycles. The van der Waals surface area contributed by atoms with Gasteiger partial charge in [-0.2, -0.15) is 0 Å². The summed E-state index contributed by atoms with van der Waals surface area (Å²) >= 11 is 0. The standard InChI is InChI=1S/C17H23N3O5/c1-10(2)25-14-12(15(18)21)6-3-7-13(14)19-17(24)20-8-4-5-11(9-20)16(22)23/h3,6-7,10-11H,4-5,8-9H2,1-2H3,(H2,18,21)(H,19,24)(H,22,23). The molecule has 0 saturated carbocycles. The molecule has 3 amide bonds. The lowest BCUT2D eigenvalue weighted by Crippen LogP contribution is -2.44. The van der Waals surface area contributed by atoms with E-state index in [9.17, 15) is 14.4 Å². The molecule has 0 bridgehead atoms. The minimum atomic E-state index is -0.906. The molecule has 1 aliphatic heterocycles. The molecule has 1 saturated heterocycles. The molecule has 1 aliphatic rings. The lowest BCUT2D eigenvalue weighted by Gasteiger charge is -2.31. The first-order valence-corrected chi connectivity index (χ1v) is 8.17. The quantitative estimate of drug-likeness (QED) is 0.749. The molecule has 0 aromatic heterocycles. The maximum atomic E-state index is 12.5. The van der Waals surface area contributed by atoms with E-state index in [4.69, 9.17) is 15.6 Å². The van der Waals surface area contributed by atoms with Gasteiger partial charge in [-0.25, -0.2) is 4.79 Å². The van der Waals surface area contributed by atoms with Crippen LogP contribution in [0.3, 0.4) is 0 Å². The lowest BCUT2D eigenvalue weighted by atomic mass is 9.99. The number of nitrogens with zero attached hydrogens (tertiary/aromatic N) is 1. The van der Waals surface area contributed by atoms with Crippen molar-refractivity contribution in [3.8, 4) is 5.75 Å². The maximum absolute atomic E-state index is 12.5. The highest BCUT2D eigenvalue weighted by atomic mass is 16.5. The number of piperidine rings is 1. The Balaban J connectivity index is 2.21. The van der Waals surface area contributed by atoms with Crippen molar-refractivity contribution < 1.29 is 24.2 Å². The average Bonchev–Trinajstić information content (AvgIpc) is 2.55. The van der Waals surface area contributed by atoms with Gasteiger partial charge >= 0.3 is 12.0 Å². The van der Waals surface area contributed by atoms with Crippen molar-refractivity contribution in [1.82, 2.24) is 4.90 Å². The number of likely N-dealkylation sites (tertiary alicyclic amines) is 1. The molecular formula is C17H23N3O5. The van der Waals surface area contributed by atoms with E-state index in [2.05, 4.69) is 5.32 Å². The number of para-hydroxylation sites is 1. The van der Waals surface area contributed by atoms with E-state index in [0.29, 0.717) is 25.1 Å². The number of rotatable bonds is 5. The number of amides is 3. The van der Waals surface area contributed by atoms with Crippen molar-refractivity contribution in [2.45, 2.75) is 32.8 Å². The molecule has 1 aromatic rings. The van der Waals surface area contributed by atoms with Crippen LogP contribution in [0.25, 0.3) is 0 Å². The fourth-order valence-corrected chi connectivity index (χ4v) is 2.75. The van der Waals surface area contributed by atoms with Crippen LogP contribution in [0.5, 0.6) is 5.75 Å². The van der Waals surface area contributed by atoms with Crippen molar-refractivity contribution in [1.29, 1.82) is 0 Å². The maximum Gasteiger partial charge on any atom is 0.321 e. The van der Waals surface area contributed by atoms with Crippen LogP contribution in [0, 0.1) is 5.92 Å². The first kappa shape index (κ1) is 18.6. The Morgan fingerprint density at radius 1 is 1.36 bits per heavy atom. The fraction of sp³-hybridized carbons (Fsp3) is 0.471. The lowest BCUT2D eigenvalue weighted by molar-refractivity contribution is -0.143. The van der Waals surface area contributed by atoms with Crippen LogP contribution in [0.15, 0.2) is 18.2 Å². The Labute approximate surface area is 145 Å². The zero-order valence-electron chi connectivity index (χ0n) is 14.3. The summed E-state index contributed by atoms with van der Waals surface area (Å²) in [6.07, 6.45) is 0.960. The topological polar surface area (TPSA) is 122 Å². The van der Waals surface area contributed by atoms with Crippen molar-refractivity contribution in [2.75, 3.05) is 18.4 Å². The molecule has 136 valence electrons. The van der Waals surface area contributed by atoms with Gasteiger partial charge in [0.25, 0.3) is 5.91 Å². The number of hydrogen-bond donors (Lipinski definition) is 3. The molecule has 0 spiro atoms. The van der Waals surface area contributed by atoms with Crippen LogP contribution < -0.4 is 15.8 Å². The summed E-state index contributed by atoms with van der Waals surface area (Å²) in [4.78, 5) is 36.7. The number of carboxylic acids is 1. The van der Waals surface area contributed by atoms with Gasteiger partial charge in [-0.1, -0.05) is 6.07 Å². The number of urea groups is 1. The second kappa shape index (κ2) is 7.87. The van der Waals surface area contributed by atoms with Gasteiger partial charge < -0.3 is 25.8 Å². The highest BCUT2D eigenvalue weighted by Crippen LogP contribution is 2.30. The van der Waals surface area contributed by atoms with Gasteiger partial charge in [0.1, 0.15) is 0 Å². The van der Waals surface area contributed by atoms with Gasteiger partial charge in [0.15, 0.2) is 5.75 Å². The molecule has 25 heavy (non-hydrogen) atoms. The molecule has 1 heterocycles. The summed E-state index contributed by atoms with van der Waals surface area (Å²) in [6.45, 7) is 4.22. The van der Waals surface area contributed by atoms with E-state index in [1.807, 2.05) is 0 Å². The summed E-state index contributed by atoms with van der Waals surface area (Å²) in [7, 11) is 0. The molecule has 0 radical (unpaired) electrons. The van der Waals surface area contributed by atoms with Gasteiger partial charge in [-0.15, -0.1) is 0 Å². The van der Waals surface area contributed by atoms with Crippen LogP contribution in [0.2, 0.25) is 0 Å². The Hall–Kier alpha value is -2.77. The Morgan fingerprint density at radius 3 is 2.68 bits per heavy atom. The number of carbonyl (C=O) groups is 3. The average molecular weight is 349 g/mol. The molecular weight excluding hydrogens is 326 g/mol. The normalized spacial score (nSPS) is 17.2. The number of nitrogens with one attached hydrogen (secondary N) is 1. The number of carbonyl (C=O) groups excluding carboxylic acids is 2. The molecule has 1 atom stereocenters. The van der Waals surface area contributed by atoms with Gasteiger partial charge in [-0.3, -0.25) is 9.59 Å². The third-order valence-electron chi connectivity index (χ3n) is 3.93. The highest BCUT2D eigenvalue weighted by molar-refractivity contribution is 6.00. The van der Waals surface area contributed by atoms with E-state index in [0.717, 1.165) is 0 Å². The van der Waals surface area contributed by atoms with E-state index < -0.39 is 23.8 Å². The smallest absolute Gasteiger partial charge is 0.321 e. The minimum absolute atomic E-state index is 0.150. The van der Waals surface area contributed by atoms with Crippen molar-refractivity contribution >= 4 is 23.6 Å². The fourth-order valence-electron chi connectivity index (χ4n) is 2.75. The number of ether oxygens (including phenoxy) is 1. The summed E-state index contributed by atoms with van der Waals surface area (Å²) in [5.74, 6) is -1.92. The van der Waals surface area contributed by atoms with Crippen LogP contribution in [-0.2, 0) is 4.79 Å². The monoisotopic (exact) mass is 349 g/mol. The predicted octanol–water partition coefficient (Wildman–Crippen LogP) is 1.90. The molecule has 4 N–H and O–H groups in total. The van der Waals surface area contributed by atoms with Crippen LogP contribution >= 0.6 is 0 Å². The molecule has 1 fully saturated rings. The van der Waals surface area contributed by atoms with Gasteiger partial charge in [0, 0.05) is 13.1 Å². The van der Waals surface area contributed by atoms with Crippen LogP contribution in [0.4, 0.5) is 10.5 Å². The van der Waals surface area contributed by atoms with E-state index in [-0.39, 0.29) is 24.0 Å². The predicted molar refractivity (Wildman–Crippen MR) is 91.7 cm³/mol. The SMILES string of the molecule is CC(C)Oc1c(NC(=O)N2CCCC(C(=O)O)C2)cccc1C(N)=O. The zero-order chi connectivity index (χ0) is 18.6. The summed E-state index contributed by atoms with van der Waals surface area (Å²) in [5, 5.41) is 11.8. The third-order valence-corrected chi connectivity index (χ3v) is 3.93. The largest absolute Gasteiger partial charge is 0.488 e. The molecule has 1 unspecified atom stereocenters. The van der Waals surface area contributed by atoms with E-state index in [1.165, 1.54) is 11.0 Å². The summed E-state index contributed by atoms with van der Waals surface area (Å²) < 4.78 is 5.66. The first-order valence-electron chi connectivity index (χ1n) is 8.17. The molecule has 2 rings (SSSR count). The van der Waals surface area contributed by atoms with Gasteiger partial charge in [-0.05, 0) is 38.8 Å². The zero-order valence-corrected chi connectivity index (χ0v) is 14.3. The second-order valence-electron chi connectivity index (χ2n) is 6.27. The second-order valence-corrected chi connectivity index (χ2v) is 6.27. The van der Waals surface area contributed by atoms with Crippen molar-refractivity contribution in [3.05, 3.63) is 23.8 Å². The summed E-state index contributed by atoms with van der Waals surface area (Å²) in [6, 6.07) is 4.30. The third kappa shape index (κ3) is 4.62.